The van der Waals surface area contributed by atoms with Crippen LogP contribution in [0.2, 0.25) is 0 Å². The molecular formula is C18H29NO2. The lowest BCUT2D eigenvalue weighted by Gasteiger charge is -2.31. The Morgan fingerprint density at radius 1 is 1.00 bits per heavy atom. The van der Waals surface area contributed by atoms with Crippen molar-refractivity contribution in [1.82, 2.24) is 5.32 Å². The van der Waals surface area contributed by atoms with Gasteiger partial charge >= 0.3 is 0 Å². The predicted octanol–water partition coefficient (Wildman–Crippen LogP) is 4.42. The van der Waals surface area contributed by atoms with Gasteiger partial charge in [-0.1, -0.05) is 13.8 Å². The second-order valence-electron chi connectivity index (χ2n) is 5.78. The molecule has 0 bridgehead atoms. The highest BCUT2D eigenvalue weighted by Crippen LogP contribution is 2.43. The fourth-order valence-electron chi connectivity index (χ4n) is 3.11. The molecule has 0 radical (unpaired) electrons. The van der Waals surface area contributed by atoms with E-state index in [1.165, 1.54) is 24.0 Å². The Morgan fingerprint density at radius 3 is 2.19 bits per heavy atom. The molecule has 3 nitrogen and oxygen atoms in total. The Labute approximate surface area is 129 Å². The molecule has 0 saturated carbocycles. The predicted molar refractivity (Wildman–Crippen MR) is 87.5 cm³/mol. The molecule has 3 heteroatoms. The summed E-state index contributed by atoms with van der Waals surface area (Å²) in [6.45, 7) is 11.0. The number of hydrogen-bond donors (Lipinski definition) is 1. The van der Waals surface area contributed by atoms with Crippen LogP contribution < -0.4 is 14.8 Å². The standard InChI is InChI=1S/C18H29NO2/c1-5-10-19-16-9-8-13(4)14-11-17(20-6-2)18(21-7-3)12-15(14)16/h11-13,16,19H,5-10H2,1-4H3. The highest BCUT2D eigenvalue weighted by molar-refractivity contribution is 5.50. The molecule has 1 aliphatic rings. The average molecular weight is 291 g/mol. The maximum Gasteiger partial charge on any atom is 0.161 e. The molecule has 2 unspecified atom stereocenters. The lowest BCUT2D eigenvalue weighted by molar-refractivity contribution is 0.285. The number of benzene rings is 1. The van der Waals surface area contributed by atoms with Crippen LogP contribution in [0.4, 0.5) is 0 Å². The van der Waals surface area contributed by atoms with Crippen molar-refractivity contribution in [1.29, 1.82) is 0 Å². The molecule has 0 amide bonds. The minimum atomic E-state index is 0.450. The zero-order valence-corrected chi connectivity index (χ0v) is 13.9. The summed E-state index contributed by atoms with van der Waals surface area (Å²) in [5.41, 5.74) is 2.82. The van der Waals surface area contributed by atoms with Crippen molar-refractivity contribution in [2.45, 2.75) is 58.9 Å². The number of hydrogen-bond acceptors (Lipinski definition) is 3. The van der Waals surface area contributed by atoms with Gasteiger partial charge in [-0.2, -0.15) is 0 Å². The van der Waals surface area contributed by atoms with Crippen molar-refractivity contribution in [3.63, 3.8) is 0 Å². The Balaban J connectivity index is 2.37. The Kier molecular flexibility index (Phi) is 5.92. The molecule has 1 N–H and O–H groups in total. The van der Waals surface area contributed by atoms with Crippen LogP contribution in [0.25, 0.3) is 0 Å². The molecule has 0 spiro atoms. The smallest absolute Gasteiger partial charge is 0.161 e. The van der Waals surface area contributed by atoms with Gasteiger partial charge in [0.1, 0.15) is 0 Å². The van der Waals surface area contributed by atoms with E-state index in [4.69, 9.17) is 9.47 Å². The van der Waals surface area contributed by atoms with Crippen LogP contribution in [0.5, 0.6) is 11.5 Å². The average Bonchev–Trinajstić information content (AvgIpc) is 2.48. The molecule has 0 heterocycles. The summed E-state index contributed by atoms with van der Waals surface area (Å²) in [6, 6.07) is 4.85. The van der Waals surface area contributed by atoms with Crippen molar-refractivity contribution in [3.05, 3.63) is 23.3 Å². The third-order valence-electron chi connectivity index (χ3n) is 4.18. The molecular weight excluding hydrogens is 262 g/mol. The Hall–Kier alpha value is -1.22. The maximum absolute atomic E-state index is 5.79. The second kappa shape index (κ2) is 7.69. The van der Waals surface area contributed by atoms with Gasteiger partial charge in [-0.3, -0.25) is 0 Å². The molecule has 1 aromatic rings. The van der Waals surface area contributed by atoms with Crippen LogP contribution in [0.15, 0.2) is 12.1 Å². The molecule has 0 fully saturated rings. The molecule has 0 aromatic heterocycles. The van der Waals surface area contributed by atoms with Crippen LogP contribution >= 0.6 is 0 Å². The molecule has 1 aliphatic carbocycles. The largest absolute Gasteiger partial charge is 0.490 e. The number of ether oxygens (including phenoxy) is 2. The first-order valence-electron chi connectivity index (χ1n) is 8.38. The summed E-state index contributed by atoms with van der Waals surface area (Å²) in [4.78, 5) is 0. The van der Waals surface area contributed by atoms with E-state index < -0.39 is 0 Å². The van der Waals surface area contributed by atoms with Crippen LogP contribution in [-0.4, -0.2) is 19.8 Å². The lowest BCUT2D eigenvalue weighted by atomic mass is 9.80. The van der Waals surface area contributed by atoms with Crippen LogP contribution in [0.3, 0.4) is 0 Å². The zero-order chi connectivity index (χ0) is 15.2. The minimum absolute atomic E-state index is 0.450. The third kappa shape index (κ3) is 3.70. The molecule has 0 saturated heterocycles. The van der Waals surface area contributed by atoms with Crippen molar-refractivity contribution in [2.24, 2.45) is 0 Å². The highest BCUT2D eigenvalue weighted by Gasteiger charge is 2.26. The number of rotatable bonds is 7. The van der Waals surface area contributed by atoms with Gasteiger partial charge < -0.3 is 14.8 Å². The van der Waals surface area contributed by atoms with E-state index in [1.54, 1.807) is 0 Å². The SMILES string of the molecule is CCCNC1CCC(C)c2cc(OCC)c(OCC)cc21. The fourth-order valence-corrected chi connectivity index (χ4v) is 3.11. The number of fused-ring (bicyclic) bond motifs is 1. The van der Waals surface area contributed by atoms with Gasteiger partial charge in [-0.15, -0.1) is 0 Å². The fraction of sp³-hybridized carbons (Fsp3) is 0.667. The van der Waals surface area contributed by atoms with Gasteiger partial charge in [0.2, 0.25) is 0 Å². The number of nitrogens with one attached hydrogen (secondary N) is 1. The van der Waals surface area contributed by atoms with Crippen LogP contribution in [0.1, 0.15) is 70.0 Å². The van der Waals surface area contributed by atoms with E-state index in [-0.39, 0.29) is 0 Å². The topological polar surface area (TPSA) is 30.5 Å². The van der Waals surface area contributed by atoms with Gasteiger partial charge in [-0.05, 0) is 68.8 Å². The van der Waals surface area contributed by atoms with Gasteiger partial charge in [0, 0.05) is 6.04 Å². The van der Waals surface area contributed by atoms with Crippen LogP contribution in [0, 0.1) is 0 Å². The van der Waals surface area contributed by atoms with Crippen molar-refractivity contribution < 1.29 is 9.47 Å². The van der Waals surface area contributed by atoms with E-state index in [2.05, 4.69) is 31.3 Å². The minimum Gasteiger partial charge on any atom is -0.490 e. The second-order valence-corrected chi connectivity index (χ2v) is 5.78. The van der Waals surface area contributed by atoms with E-state index in [0.29, 0.717) is 25.2 Å². The maximum atomic E-state index is 5.79. The Bertz CT molecular complexity index is 459. The van der Waals surface area contributed by atoms with Crippen molar-refractivity contribution in [2.75, 3.05) is 19.8 Å². The first-order valence-corrected chi connectivity index (χ1v) is 8.38. The normalized spacial score (nSPS) is 21.0. The Morgan fingerprint density at radius 2 is 1.62 bits per heavy atom. The summed E-state index contributed by atoms with van der Waals surface area (Å²) >= 11 is 0. The molecule has 2 rings (SSSR count). The van der Waals surface area contributed by atoms with E-state index in [9.17, 15) is 0 Å². The summed E-state index contributed by atoms with van der Waals surface area (Å²) in [5, 5.41) is 3.67. The zero-order valence-electron chi connectivity index (χ0n) is 13.9. The first kappa shape index (κ1) is 16.2. The van der Waals surface area contributed by atoms with Crippen molar-refractivity contribution >= 4 is 0 Å². The van der Waals surface area contributed by atoms with Gasteiger partial charge in [-0.25, -0.2) is 0 Å². The van der Waals surface area contributed by atoms with Gasteiger partial charge in [0.25, 0.3) is 0 Å². The van der Waals surface area contributed by atoms with E-state index >= 15 is 0 Å². The molecule has 118 valence electrons. The summed E-state index contributed by atoms with van der Waals surface area (Å²) in [7, 11) is 0. The molecule has 21 heavy (non-hydrogen) atoms. The lowest BCUT2D eigenvalue weighted by Crippen LogP contribution is -2.27. The highest BCUT2D eigenvalue weighted by atomic mass is 16.5. The summed E-state index contributed by atoms with van der Waals surface area (Å²) in [5.74, 6) is 2.37. The summed E-state index contributed by atoms with van der Waals surface area (Å²) in [6.07, 6.45) is 3.60. The van der Waals surface area contributed by atoms with E-state index in [0.717, 1.165) is 24.5 Å². The molecule has 0 aliphatic heterocycles. The monoisotopic (exact) mass is 291 g/mol. The summed E-state index contributed by atoms with van der Waals surface area (Å²) < 4.78 is 11.6. The quantitative estimate of drug-likeness (QED) is 0.806. The van der Waals surface area contributed by atoms with Crippen LogP contribution in [-0.2, 0) is 0 Å². The van der Waals surface area contributed by atoms with Gasteiger partial charge in [0.05, 0.1) is 13.2 Å². The van der Waals surface area contributed by atoms with Gasteiger partial charge in [0.15, 0.2) is 11.5 Å². The van der Waals surface area contributed by atoms with Crippen molar-refractivity contribution in [3.8, 4) is 11.5 Å². The third-order valence-corrected chi connectivity index (χ3v) is 4.18. The molecule has 2 atom stereocenters. The molecule has 1 aromatic carbocycles. The van der Waals surface area contributed by atoms with E-state index in [1.807, 2.05) is 13.8 Å². The first-order chi connectivity index (χ1) is 10.2.